The van der Waals surface area contributed by atoms with E-state index >= 15 is 0 Å². The Kier molecular flexibility index (Phi) is 5.80. The van der Waals surface area contributed by atoms with Gasteiger partial charge in [0, 0.05) is 16.1 Å². The van der Waals surface area contributed by atoms with E-state index in [2.05, 4.69) is 21.6 Å². The van der Waals surface area contributed by atoms with Gasteiger partial charge < -0.3 is 4.74 Å². The first-order chi connectivity index (χ1) is 17.0. The summed E-state index contributed by atoms with van der Waals surface area (Å²) < 4.78 is 21.7. The molecule has 2 aliphatic rings. The molecule has 0 spiro atoms. The molecule has 4 aromatic rings. The fourth-order valence-corrected chi connectivity index (χ4v) is 4.65. The van der Waals surface area contributed by atoms with Crippen LogP contribution in [0.4, 0.5) is 4.39 Å². The maximum Gasteiger partial charge on any atom is 0.235 e. The number of hydrogen-bond acceptors (Lipinski definition) is 6. The van der Waals surface area contributed by atoms with Gasteiger partial charge in [-0.1, -0.05) is 41.4 Å². The molecule has 0 bridgehead atoms. The molecule has 1 N–H and O–H groups in total. The number of aromatic nitrogens is 3. The second kappa shape index (κ2) is 9.11. The van der Waals surface area contributed by atoms with Crippen LogP contribution in [0.15, 0.2) is 59.7 Å². The molecule has 6 rings (SSSR count). The van der Waals surface area contributed by atoms with Gasteiger partial charge in [-0.25, -0.2) is 15.0 Å². The molecule has 2 aromatic carbocycles. The third-order valence-electron chi connectivity index (χ3n) is 6.01. The van der Waals surface area contributed by atoms with Gasteiger partial charge in [-0.3, -0.25) is 9.83 Å². The van der Waals surface area contributed by atoms with Crippen molar-refractivity contribution in [3.8, 4) is 11.5 Å². The molecule has 1 aliphatic carbocycles. The van der Waals surface area contributed by atoms with Gasteiger partial charge in [-0.05, 0) is 60.6 Å². The van der Waals surface area contributed by atoms with Crippen LogP contribution >= 0.6 is 23.2 Å². The highest BCUT2D eigenvalue weighted by Gasteiger charge is 2.26. The van der Waals surface area contributed by atoms with Crippen molar-refractivity contribution < 1.29 is 14.0 Å². The van der Waals surface area contributed by atoms with Crippen molar-refractivity contribution in [2.75, 3.05) is 6.61 Å². The molecule has 1 aliphatic heterocycles. The number of ether oxygens (including phenoxy) is 1. The van der Waals surface area contributed by atoms with Crippen LogP contribution in [0.1, 0.15) is 35.6 Å². The van der Waals surface area contributed by atoms with E-state index in [1.165, 1.54) is 29.0 Å². The van der Waals surface area contributed by atoms with Gasteiger partial charge in [-0.2, -0.15) is 4.39 Å². The minimum Gasteiger partial charge on any atom is -0.453 e. The molecule has 178 valence electrons. The predicted molar refractivity (Wildman–Crippen MR) is 131 cm³/mol. The van der Waals surface area contributed by atoms with Crippen molar-refractivity contribution in [2.24, 2.45) is 4.99 Å². The summed E-state index contributed by atoms with van der Waals surface area (Å²) in [6, 6.07) is 14.3. The summed E-state index contributed by atoms with van der Waals surface area (Å²) in [7, 11) is 0. The lowest BCUT2D eigenvalue weighted by molar-refractivity contribution is 0.0620. The zero-order chi connectivity index (χ0) is 23.9. The number of halogens is 3. The van der Waals surface area contributed by atoms with Crippen molar-refractivity contribution in [3.05, 3.63) is 87.5 Å². The van der Waals surface area contributed by atoms with Crippen molar-refractivity contribution in [3.63, 3.8) is 0 Å². The standard InChI is InChI=1S/C25H20Cl2FN5O2/c26-17-7-6-16(20(27)10-17)8-18-13-34-32-25(30-18)24-21(12-29-23-11-22(28)31-33(23)24)35-19-3-1-2-15(9-19)14-4-5-14/h1-3,6-7,9-12,14,18H,4-5,8,13H2,(H,30,32). The van der Waals surface area contributed by atoms with E-state index in [1.807, 2.05) is 24.3 Å². The second-order valence-corrected chi connectivity index (χ2v) is 9.49. The molecule has 10 heteroatoms. The van der Waals surface area contributed by atoms with E-state index < -0.39 is 5.95 Å². The summed E-state index contributed by atoms with van der Waals surface area (Å²) in [4.78, 5) is 14.8. The summed E-state index contributed by atoms with van der Waals surface area (Å²) in [6.07, 6.45) is 4.44. The van der Waals surface area contributed by atoms with Gasteiger partial charge in [0.15, 0.2) is 22.9 Å². The third kappa shape index (κ3) is 4.69. The summed E-state index contributed by atoms with van der Waals surface area (Å²) in [6.45, 7) is 0.323. The smallest absolute Gasteiger partial charge is 0.235 e. The zero-order valence-electron chi connectivity index (χ0n) is 18.4. The number of rotatable bonds is 6. The third-order valence-corrected chi connectivity index (χ3v) is 6.59. The van der Waals surface area contributed by atoms with Crippen LogP contribution in [0, 0.1) is 5.95 Å². The molecule has 1 fully saturated rings. The summed E-state index contributed by atoms with van der Waals surface area (Å²) in [5.74, 6) is 1.31. The van der Waals surface area contributed by atoms with Gasteiger partial charge in [-0.15, -0.1) is 5.10 Å². The zero-order valence-corrected chi connectivity index (χ0v) is 19.9. The Morgan fingerprint density at radius 1 is 1.14 bits per heavy atom. The molecule has 2 aromatic heterocycles. The van der Waals surface area contributed by atoms with Gasteiger partial charge >= 0.3 is 0 Å². The highest BCUT2D eigenvalue weighted by molar-refractivity contribution is 6.35. The van der Waals surface area contributed by atoms with E-state index in [0.717, 1.165) is 5.56 Å². The maximum atomic E-state index is 14.1. The van der Waals surface area contributed by atoms with E-state index in [-0.39, 0.29) is 6.04 Å². The molecule has 0 saturated heterocycles. The molecule has 3 heterocycles. The second-order valence-electron chi connectivity index (χ2n) is 8.64. The number of nitrogens with one attached hydrogen (secondary N) is 1. The first kappa shape index (κ1) is 22.3. The Labute approximate surface area is 210 Å². The normalized spacial score (nSPS) is 17.8. The Morgan fingerprint density at radius 2 is 2.03 bits per heavy atom. The Bertz CT molecular complexity index is 1450. The molecule has 0 amide bonds. The molecule has 0 radical (unpaired) electrons. The summed E-state index contributed by atoms with van der Waals surface area (Å²) >= 11 is 12.4. The van der Waals surface area contributed by atoms with Gasteiger partial charge in [0.1, 0.15) is 5.75 Å². The van der Waals surface area contributed by atoms with E-state index in [1.54, 1.807) is 18.3 Å². The molecule has 1 atom stereocenters. The van der Waals surface area contributed by atoms with Gasteiger partial charge in [0.05, 0.1) is 18.8 Å². The van der Waals surface area contributed by atoms with Crippen molar-refractivity contribution in [1.82, 2.24) is 20.1 Å². The molecule has 1 unspecified atom stereocenters. The number of benzene rings is 2. The number of aliphatic imine (C=N–C) groups is 1. The Hall–Kier alpha value is -3.20. The van der Waals surface area contributed by atoms with Crippen LogP contribution in [0.25, 0.3) is 5.65 Å². The predicted octanol–water partition coefficient (Wildman–Crippen LogP) is 5.74. The number of hydroxylamine groups is 1. The quantitative estimate of drug-likeness (QED) is 0.357. The highest BCUT2D eigenvalue weighted by atomic mass is 35.5. The Morgan fingerprint density at radius 3 is 2.86 bits per heavy atom. The van der Waals surface area contributed by atoms with E-state index in [0.29, 0.717) is 57.7 Å². The van der Waals surface area contributed by atoms with Crippen LogP contribution in [0.5, 0.6) is 11.5 Å². The molecular formula is C25H20Cl2FN5O2. The van der Waals surface area contributed by atoms with Crippen molar-refractivity contribution in [1.29, 1.82) is 0 Å². The van der Waals surface area contributed by atoms with Crippen LogP contribution in [0.3, 0.4) is 0 Å². The first-order valence-corrected chi connectivity index (χ1v) is 12.0. The molecule has 1 saturated carbocycles. The van der Waals surface area contributed by atoms with Gasteiger partial charge in [0.2, 0.25) is 5.95 Å². The Balaban J connectivity index is 1.38. The lowest BCUT2D eigenvalue weighted by Crippen LogP contribution is -2.38. The average Bonchev–Trinajstić information content (AvgIpc) is 3.62. The average molecular weight is 512 g/mol. The largest absolute Gasteiger partial charge is 0.453 e. The first-order valence-electron chi connectivity index (χ1n) is 11.3. The highest BCUT2D eigenvalue weighted by Crippen LogP contribution is 2.41. The van der Waals surface area contributed by atoms with Gasteiger partial charge in [0.25, 0.3) is 0 Å². The SMILES string of the molecule is Fc1cc2ncc(Oc3cccc(C4CC4)c3)c(C3=NC(Cc4ccc(Cl)cc4Cl)CON3)n2n1. The number of nitrogens with zero attached hydrogens (tertiary/aromatic N) is 4. The van der Waals surface area contributed by atoms with Crippen LogP contribution in [0.2, 0.25) is 10.0 Å². The van der Waals surface area contributed by atoms with E-state index in [9.17, 15) is 4.39 Å². The fraction of sp³-hybridized carbons (Fsp3) is 0.240. The lowest BCUT2D eigenvalue weighted by atomic mass is 10.1. The van der Waals surface area contributed by atoms with E-state index in [4.69, 9.17) is 37.8 Å². The fourth-order valence-electron chi connectivity index (χ4n) is 4.16. The molecule has 7 nitrogen and oxygen atoms in total. The van der Waals surface area contributed by atoms with Crippen LogP contribution in [-0.4, -0.2) is 33.1 Å². The summed E-state index contributed by atoms with van der Waals surface area (Å²) in [5, 5.41) is 5.10. The number of hydrogen-bond donors (Lipinski definition) is 1. The van der Waals surface area contributed by atoms with Crippen molar-refractivity contribution in [2.45, 2.75) is 31.2 Å². The van der Waals surface area contributed by atoms with Crippen LogP contribution in [-0.2, 0) is 11.3 Å². The van der Waals surface area contributed by atoms with Crippen molar-refractivity contribution >= 4 is 34.7 Å². The van der Waals surface area contributed by atoms with Crippen LogP contribution < -0.4 is 10.2 Å². The minimum absolute atomic E-state index is 0.250. The lowest BCUT2D eigenvalue weighted by Gasteiger charge is -2.23. The molecular weight excluding hydrogens is 492 g/mol. The monoisotopic (exact) mass is 511 g/mol. The molecule has 35 heavy (non-hydrogen) atoms. The maximum absolute atomic E-state index is 14.1. The topological polar surface area (TPSA) is 73.0 Å². The summed E-state index contributed by atoms with van der Waals surface area (Å²) in [5.41, 5.74) is 5.71. The number of fused-ring (bicyclic) bond motifs is 1. The number of amidine groups is 1. The minimum atomic E-state index is -0.659.